The first-order chi connectivity index (χ1) is 21.5. The molecule has 2 aromatic carbocycles. The number of sulfonamides is 1. The van der Waals surface area contributed by atoms with Gasteiger partial charge in [0.15, 0.2) is 0 Å². The summed E-state index contributed by atoms with van der Waals surface area (Å²) in [4.78, 5) is 29.3. The molecule has 2 aromatic rings. The Hall–Kier alpha value is -2.58. The largest absolute Gasteiger partial charge is 0.352 e. The van der Waals surface area contributed by atoms with Crippen LogP contribution in [0.2, 0.25) is 5.02 Å². The van der Waals surface area contributed by atoms with Crippen LogP contribution < -0.4 is 9.62 Å². The van der Waals surface area contributed by atoms with Crippen molar-refractivity contribution < 1.29 is 18.0 Å². The highest BCUT2D eigenvalue weighted by molar-refractivity contribution is 7.92. The lowest BCUT2D eigenvalue weighted by Crippen LogP contribution is -2.54. The number of benzene rings is 2. The molecule has 1 N–H and O–H groups in total. The number of anilines is 1. The van der Waals surface area contributed by atoms with Gasteiger partial charge in [0, 0.05) is 17.6 Å². The zero-order valence-corrected chi connectivity index (χ0v) is 28.3. The fraction of sp³-hybridized carbons (Fsp3) is 0.611. The maximum Gasteiger partial charge on any atom is 0.244 e. The monoisotopic (exact) mass is 653 g/mol. The van der Waals surface area contributed by atoms with E-state index in [1.165, 1.54) is 59.7 Å². The molecule has 45 heavy (non-hydrogen) atoms. The van der Waals surface area contributed by atoms with Crippen molar-refractivity contribution in [2.24, 2.45) is 17.8 Å². The molecule has 0 unspecified atom stereocenters. The average molecular weight is 654 g/mol. The summed E-state index contributed by atoms with van der Waals surface area (Å²) in [7, 11) is -3.80. The molecule has 5 aliphatic carbocycles. The van der Waals surface area contributed by atoms with Gasteiger partial charge in [-0.2, -0.15) is 0 Å². The van der Waals surface area contributed by atoms with Gasteiger partial charge < -0.3 is 10.2 Å². The average Bonchev–Trinajstić information content (AvgIpc) is 3.00. The van der Waals surface area contributed by atoms with E-state index >= 15 is 0 Å². The minimum absolute atomic E-state index is 0.0950. The highest BCUT2D eigenvalue weighted by atomic mass is 35.5. The summed E-state index contributed by atoms with van der Waals surface area (Å²) in [5.74, 6) is 1.80. The Morgan fingerprint density at radius 1 is 0.933 bits per heavy atom. The van der Waals surface area contributed by atoms with Gasteiger partial charge in [0.2, 0.25) is 21.8 Å². The summed E-state index contributed by atoms with van der Waals surface area (Å²) in [6, 6.07) is 14.5. The van der Waals surface area contributed by atoms with E-state index in [9.17, 15) is 18.0 Å². The summed E-state index contributed by atoms with van der Waals surface area (Å²) in [5, 5.41) is 3.68. The fourth-order valence-electron chi connectivity index (χ4n) is 9.33. The standard InChI is InChI=1S/C36H48ClN3O4S/c1-3-33(35(42)38-30-10-5-4-6-11-30)39(23-28-9-7-8-12-32(28)37)34(41)24-40(45(2,43)44)31-15-13-29(14-16-31)36-20-25-17-26(21-36)19-27(18-25)22-36/h7-9,12-16,25-27,30,33H,3-6,10-11,17-24H2,1-2H3,(H,38,42)/t25?,26?,27?,33-,36?/m1/s1. The Morgan fingerprint density at radius 3 is 2.09 bits per heavy atom. The third-order valence-electron chi connectivity index (χ3n) is 11.1. The van der Waals surface area contributed by atoms with Crippen molar-refractivity contribution >= 4 is 39.1 Å². The van der Waals surface area contributed by atoms with Crippen LogP contribution in [0.1, 0.15) is 95.1 Å². The number of hydrogen-bond donors (Lipinski definition) is 1. The smallest absolute Gasteiger partial charge is 0.244 e. The van der Waals surface area contributed by atoms with Crippen molar-refractivity contribution in [3.63, 3.8) is 0 Å². The predicted octanol–water partition coefficient (Wildman–Crippen LogP) is 6.83. The van der Waals surface area contributed by atoms with Crippen molar-refractivity contribution in [3.8, 4) is 0 Å². The molecule has 2 amide bonds. The van der Waals surface area contributed by atoms with Crippen molar-refractivity contribution in [1.29, 1.82) is 0 Å². The van der Waals surface area contributed by atoms with Gasteiger partial charge in [-0.05, 0) is 110 Å². The molecular formula is C36H48ClN3O4S. The van der Waals surface area contributed by atoms with Crippen LogP contribution in [0, 0.1) is 17.8 Å². The fourth-order valence-corrected chi connectivity index (χ4v) is 10.4. The Bertz CT molecular complexity index is 1450. The highest BCUT2D eigenvalue weighted by Gasteiger charge is 2.51. The minimum atomic E-state index is -3.80. The van der Waals surface area contributed by atoms with E-state index in [0.29, 0.717) is 22.7 Å². The highest BCUT2D eigenvalue weighted by Crippen LogP contribution is 2.60. The number of amides is 2. The molecule has 0 spiro atoms. The first-order valence-electron chi connectivity index (χ1n) is 17.0. The summed E-state index contributed by atoms with van der Waals surface area (Å²) in [6.07, 6.45) is 14.5. The molecule has 7 rings (SSSR count). The van der Waals surface area contributed by atoms with Crippen molar-refractivity contribution in [2.45, 2.75) is 108 Å². The number of hydrogen-bond acceptors (Lipinski definition) is 4. The molecule has 5 saturated carbocycles. The molecule has 9 heteroatoms. The van der Waals surface area contributed by atoms with E-state index in [2.05, 4.69) is 17.4 Å². The van der Waals surface area contributed by atoms with E-state index in [-0.39, 0.29) is 23.9 Å². The molecule has 1 atom stereocenters. The van der Waals surface area contributed by atoms with E-state index in [1.807, 2.05) is 37.3 Å². The van der Waals surface area contributed by atoms with E-state index in [4.69, 9.17) is 11.6 Å². The molecule has 4 bridgehead atoms. The zero-order valence-electron chi connectivity index (χ0n) is 26.7. The SMILES string of the molecule is CC[C@H](C(=O)NC1CCCCC1)N(Cc1ccccc1Cl)C(=O)CN(c1ccc(C23CC4CC(CC(C4)C2)C3)cc1)S(C)(=O)=O. The summed E-state index contributed by atoms with van der Waals surface area (Å²) < 4.78 is 27.6. The second-order valence-corrected chi connectivity index (χ2v) is 16.7. The van der Waals surface area contributed by atoms with Gasteiger partial charge in [0.25, 0.3) is 0 Å². The molecular weight excluding hydrogens is 606 g/mol. The van der Waals surface area contributed by atoms with Crippen LogP contribution >= 0.6 is 11.6 Å². The van der Waals surface area contributed by atoms with Gasteiger partial charge in [-0.3, -0.25) is 13.9 Å². The van der Waals surface area contributed by atoms with Crippen LogP contribution in [0.4, 0.5) is 5.69 Å². The van der Waals surface area contributed by atoms with Gasteiger partial charge in [-0.25, -0.2) is 8.42 Å². The molecule has 5 aliphatic rings. The maximum atomic E-state index is 14.2. The quantitative estimate of drug-likeness (QED) is 0.288. The molecule has 244 valence electrons. The normalized spacial score (nSPS) is 26.8. The second-order valence-electron chi connectivity index (χ2n) is 14.4. The number of carbonyl (C=O) groups is 2. The minimum Gasteiger partial charge on any atom is -0.352 e. The van der Waals surface area contributed by atoms with Gasteiger partial charge >= 0.3 is 0 Å². The Kier molecular flexibility index (Phi) is 9.54. The molecule has 7 nitrogen and oxygen atoms in total. The van der Waals surface area contributed by atoms with Crippen molar-refractivity contribution in [1.82, 2.24) is 10.2 Å². The molecule has 0 saturated heterocycles. The molecule has 0 aromatic heterocycles. The first kappa shape index (κ1) is 32.4. The lowest BCUT2D eigenvalue weighted by Gasteiger charge is -2.57. The van der Waals surface area contributed by atoms with Crippen LogP contribution in [0.5, 0.6) is 0 Å². The number of halogens is 1. The lowest BCUT2D eigenvalue weighted by molar-refractivity contribution is -0.140. The summed E-state index contributed by atoms with van der Waals surface area (Å²) in [5.41, 5.74) is 2.68. The number of nitrogens with one attached hydrogen (secondary N) is 1. The van der Waals surface area contributed by atoms with Crippen LogP contribution in [-0.2, 0) is 31.6 Å². The van der Waals surface area contributed by atoms with Crippen LogP contribution in [0.15, 0.2) is 48.5 Å². The topological polar surface area (TPSA) is 86.8 Å². The second kappa shape index (κ2) is 13.3. The summed E-state index contributed by atoms with van der Waals surface area (Å²) >= 11 is 6.51. The Balaban J connectivity index is 1.25. The van der Waals surface area contributed by atoms with Crippen LogP contribution in [0.25, 0.3) is 0 Å². The van der Waals surface area contributed by atoms with Gasteiger partial charge in [-0.15, -0.1) is 0 Å². The first-order valence-corrected chi connectivity index (χ1v) is 19.2. The maximum absolute atomic E-state index is 14.2. The number of rotatable bonds is 11. The molecule has 0 aliphatic heterocycles. The number of carbonyl (C=O) groups excluding carboxylic acids is 2. The van der Waals surface area contributed by atoms with E-state index in [1.54, 1.807) is 6.07 Å². The molecule has 0 heterocycles. The number of nitrogens with zero attached hydrogens (tertiary/aromatic N) is 2. The molecule has 0 radical (unpaired) electrons. The van der Waals surface area contributed by atoms with Gasteiger partial charge in [-0.1, -0.05) is 68.1 Å². The van der Waals surface area contributed by atoms with Gasteiger partial charge in [0.05, 0.1) is 11.9 Å². The summed E-state index contributed by atoms with van der Waals surface area (Å²) in [6.45, 7) is 1.60. The third-order valence-corrected chi connectivity index (χ3v) is 12.6. The van der Waals surface area contributed by atoms with Crippen LogP contribution in [0.3, 0.4) is 0 Å². The van der Waals surface area contributed by atoms with E-state index < -0.39 is 28.5 Å². The Morgan fingerprint density at radius 2 is 1.53 bits per heavy atom. The Labute approximate surface area is 274 Å². The third kappa shape index (κ3) is 7.07. The van der Waals surface area contributed by atoms with Crippen molar-refractivity contribution in [2.75, 3.05) is 17.1 Å². The van der Waals surface area contributed by atoms with E-state index in [0.717, 1.165) is 49.7 Å². The zero-order chi connectivity index (χ0) is 31.8. The molecule has 5 fully saturated rings. The predicted molar refractivity (Wildman–Crippen MR) is 180 cm³/mol. The van der Waals surface area contributed by atoms with Crippen molar-refractivity contribution in [3.05, 3.63) is 64.7 Å². The van der Waals surface area contributed by atoms with Gasteiger partial charge in [0.1, 0.15) is 12.6 Å². The lowest BCUT2D eigenvalue weighted by atomic mass is 9.48. The van der Waals surface area contributed by atoms with Crippen LogP contribution in [-0.4, -0.2) is 50.0 Å².